The molecule has 0 amide bonds. The second-order valence-electron chi connectivity index (χ2n) is 4.05. The monoisotopic (exact) mass is 220 g/mol. The minimum absolute atomic E-state index is 0.579. The van der Waals surface area contributed by atoms with Gasteiger partial charge in [0.15, 0.2) is 0 Å². The molecule has 0 spiro atoms. The van der Waals surface area contributed by atoms with E-state index < -0.39 is 0 Å². The Kier molecular flexibility index (Phi) is 2.65. The van der Waals surface area contributed by atoms with Crippen molar-refractivity contribution in [1.29, 1.82) is 0 Å². The van der Waals surface area contributed by atoms with Gasteiger partial charge in [0.1, 0.15) is 0 Å². The van der Waals surface area contributed by atoms with E-state index in [9.17, 15) is 0 Å². The van der Waals surface area contributed by atoms with Crippen molar-refractivity contribution >= 4 is 28.4 Å². The van der Waals surface area contributed by atoms with Crippen molar-refractivity contribution in [3.8, 4) is 0 Å². The molecule has 1 aromatic carbocycles. The molecule has 0 bridgehead atoms. The van der Waals surface area contributed by atoms with Crippen LogP contribution < -0.4 is 5.73 Å². The first-order valence-electron chi connectivity index (χ1n) is 5.09. The van der Waals surface area contributed by atoms with E-state index in [1.165, 1.54) is 15.8 Å². The summed E-state index contributed by atoms with van der Waals surface area (Å²) >= 11 is 1.86. The summed E-state index contributed by atoms with van der Waals surface area (Å²) in [4.78, 5) is 1.28. The highest BCUT2D eigenvalue weighted by Crippen LogP contribution is 2.33. The summed E-state index contributed by atoms with van der Waals surface area (Å²) in [5.41, 5.74) is 7.95. The molecule has 15 heavy (non-hydrogen) atoms. The Labute approximate surface area is 94.5 Å². The zero-order chi connectivity index (χ0) is 11.0. The summed E-state index contributed by atoms with van der Waals surface area (Å²) in [6.45, 7) is 4.39. The van der Waals surface area contributed by atoms with Gasteiger partial charge in [-0.1, -0.05) is 13.8 Å². The fraction of sp³-hybridized carbons (Fsp3) is 0.333. The average molecular weight is 220 g/mol. The predicted molar refractivity (Wildman–Crippen MR) is 68.3 cm³/mol. The number of hydrogen-bond donors (Lipinski definition) is 1. The molecule has 0 unspecified atom stereocenters. The van der Waals surface area contributed by atoms with E-state index >= 15 is 0 Å². The van der Waals surface area contributed by atoms with Crippen molar-refractivity contribution in [3.05, 3.63) is 24.4 Å². The number of rotatable bonds is 2. The Bertz CT molecular complexity index is 486. The summed E-state index contributed by atoms with van der Waals surface area (Å²) in [6, 6.07) is 6.24. The molecule has 80 valence electrons. The molecule has 0 fully saturated rings. The third-order valence-corrected chi connectivity index (χ3v) is 3.41. The van der Waals surface area contributed by atoms with Gasteiger partial charge in [0.25, 0.3) is 0 Å². The highest BCUT2D eigenvalue weighted by molar-refractivity contribution is 8.00. The van der Waals surface area contributed by atoms with E-state index in [0.29, 0.717) is 5.25 Å². The van der Waals surface area contributed by atoms with Crippen molar-refractivity contribution in [1.82, 2.24) is 4.57 Å². The van der Waals surface area contributed by atoms with Crippen molar-refractivity contribution in [3.63, 3.8) is 0 Å². The topological polar surface area (TPSA) is 30.9 Å². The average Bonchev–Trinajstić information content (AvgIpc) is 2.47. The minimum atomic E-state index is 0.579. The molecule has 0 aliphatic rings. The largest absolute Gasteiger partial charge is 0.399 e. The van der Waals surface area contributed by atoms with Gasteiger partial charge in [0, 0.05) is 34.5 Å². The minimum Gasteiger partial charge on any atom is -0.399 e. The molecule has 0 aliphatic carbocycles. The third kappa shape index (κ3) is 1.97. The molecular formula is C12H16N2S. The first-order valence-corrected chi connectivity index (χ1v) is 5.97. The Morgan fingerprint density at radius 1 is 1.33 bits per heavy atom. The van der Waals surface area contributed by atoms with Crippen LogP contribution in [0.5, 0.6) is 0 Å². The van der Waals surface area contributed by atoms with Crippen LogP contribution in [-0.2, 0) is 7.05 Å². The number of anilines is 1. The van der Waals surface area contributed by atoms with E-state index in [1.54, 1.807) is 0 Å². The van der Waals surface area contributed by atoms with Crippen molar-refractivity contribution < 1.29 is 0 Å². The lowest BCUT2D eigenvalue weighted by molar-refractivity contribution is 0.969. The van der Waals surface area contributed by atoms with Crippen LogP contribution in [0.3, 0.4) is 0 Å². The van der Waals surface area contributed by atoms with E-state index in [-0.39, 0.29) is 0 Å². The van der Waals surface area contributed by atoms with E-state index in [4.69, 9.17) is 5.73 Å². The van der Waals surface area contributed by atoms with Gasteiger partial charge < -0.3 is 10.3 Å². The van der Waals surface area contributed by atoms with E-state index in [2.05, 4.69) is 36.7 Å². The van der Waals surface area contributed by atoms with Crippen LogP contribution in [0.1, 0.15) is 13.8 Å². The standard InChI is InChI=1S/C12H16N2S/c1-8(2)15-12-7-9(13)6-11-10(12)4-5-14(11)3/h4-8H,13H2,1-3H3. The molecule has 2 rings (SSSR count). The van der Waals surface area contributed by atoms with Gasteiger partial charge in [-0.15, -0.1) is 11.8 Å². The normalized spacial score (nSPS) is 11.5. The number of nitrogens with zero attached hydrogens (tertiary/aromatic N) is 1. The molecule has 0 radical (unpaired) electrons. The van der Waals surface area contributed by atoms with E-state index in [1.807, 2.05) is 24.9 Å². The fourth-order valence-electron chi connectivity index (χ4n) is 1.71. The number of benzene rings is 1. The van der Waals surface area contributed by atoms with Crippen LogP contribution in [0.25, 0.3) is 10.9 Å². The van der Waals surface area contributed by atoms with Crippen LogP contribution in [0, 0.1) is 0 Å². The summed E-state index contributed by atoms with van der Waals surface area (Å²) < 4.78 is 2.11. The first-order chi connectivity index (χ1) is 7.08. The zero-order valence-corrected chi connectivity index (χ0v) is 10.1. The second-order valence-corrected chi connectivity index (χ2v) is 5.66. The van der Waals surface area contributed by atoms with Crippen LogP contribution in [0.2, 0.25) is 0 Å². The van der Waals surface area contributed by atoms with Gasteiger partial charge in [0.2, 0.25) is 0 Å². The lowest BCUT2D eigenvalue weighted by atomic mass is 10.2. The third-order valence-electron chi connectivity index (χ3n) is 2.35. The Hall–Kier alpha value is -1.09. The number of aryl methyl sites for hydroxylation is 1. The summed E-state index contributed by atoms with van der Waals surface area (Å²) in [5.74, 6) is 0. The molecule has 0 saturated carbocycles. The highest BCUT2D eigenvalue weighted by Gasteiger charge is 2.07. The van der Waals surface area contributed by atoms with Gasteiger partial charge in [-0.2, -0.15) is 0 Å². The van der Waals surface area contributed by atoms with Gasteiger partial charge in [-0.25, -0.2) is 0 Å². The lowest BCUT2D eigenvalue weighted by Crippen LogP contribution is -1.92. The Balaban J connectivity index is 2.61. The molecule has 2 nitrogen and oxygen atoms in total. The zero-order valence-electron chi connectivity index (χ0n) is 9.32. The maximum absolute atomic E-state index is 5.90. The summed E-state index contributed by atoms with van der Waals surface area (Å²) in [5, 5.41) is 1.88. The molecule has 0 aliphatic heterocycles. The van der Waals surface area contributed by atoms with Gasteiger partial charge in [0.05, 0.1) is 5.52 Å². The lowest BCUT2D eigenvalue weighted by Gasteiger charge is -2.08. The Morgan fingerprint density at radius 3 is 2.73 bits per heavy atom. The van der Waals surface area contributed by atoms with Crippen LogP contribution in [0.15, 0.2) is 29.3 Å². The number of aromatic nitrogens is 1. The molecule has 2 aromatic rings. The first kappa shape index (κ1) is 10.4. The number of fused-ring (bicyclic) bond motifs is 1. The highest BCUT2D eigenvalue weighted by atomic mass is 32.2. The number of thioether (sulfide) groups is 1. The number of hydrogen-bond acceptors (Lipinski definition) is 2. The number of nitrogens with two attached hydrogens (primary N) is 1. The molecule has 1 heterocycles. The SMILES string of the molecule is CC(C)Sc1cc(N)cc2c1ccn2C. The smallest absolute Gasteiger partial charge is 0.0509 e. The molecular weight excluding hydrogens is 204 g/mol. The van der Waals surface area contributed by atoms with Gasteiger partial charge in [-0.3, -0.25) is 0 Å². The van der Waals surface area contributed by atoms with Crippen molar-refractivity contribution in [2.45, 2.75) is 24.0 Å². The van der Waals surface area contributed by atoms with Crippen molar-refractivity contribution in [2.75, 3.05) is 5.73 Å². The Morgan fingerprint density at radius 2 is 2.07 bits per heavy atom. The molecule has 3 heteroatoms. The second kappa shape index (κ2) is 3.81. The van der Waals surface area contributed by atoms with Gasteiger partial charge in [-0.05, 0) is 18.2 Å². The summed E-state index contributed by atoms with van der Waals surface area (Å²) in [7, 11) is 2.05. The maximum atomic E-state index is 5.90. The van der Waals surface area contributed by atoms with Crippen LogP contribution in [-0.4, -0.2) is 9.82 Å². The van der Waals surface area contributed by atoms with Gasteiger partial charge >= 0.3 is 0 Å². The molecule has 0 saturated heterocycles. The maximum Gasteiger partial charge on any atom is 0.0509 e. The molecule has 0 atom stereocenters. The summed E-state index contributed by atoms with van der Waals surface area (Å²) in [6.07, 6.45) is 2.08. The van der Waals surface area contributed by atoms with Crippen LogP contribution in [0.4, 0.5) is 5.69 Å². The fourth-order valence-corrected chi connectivity index (χ4v) is 2.72. The molecule has 1 aromatic heterocycles. The predicted octanol–water partition coefficient (Wildman–Crippen LogP) is 3.26. The quantitative estimate of drug-likeness (QED) is 0.622. The number of nitrogen functional groups attached to an aromatic ring is 1. The van der Waals surface area contributed by atoms with Crippen molar-refractivity contribution in [2.24, 2.45) is 7.05 Å². The molecule has 2 N–H and O–H groups in total. The van der Waals surface area contributed by atoms with Crippen LogP contribution >= 0.6 is 11.8 Å². The van der Waals surface area contributed by atoms with E-state index in [0.717, 1.165) is 5.69 Å².